The maximum absolute atomic E-state index is 11.8. The van der Waals surface area contributed by atoms with Crippen LogP contribution < -0.4 is 5.32 Å². The highest BCUT2D eigenvalue weighted by atomic mass is 32.2. The lowest BCUT2D eigenvalue weighted by atomic mass is 9.65. The molecular formula is C19H36N4OS. The molecule has 1 spiro atoms. The molecule has 3 aliphatic rings. The maximum atomic E-state index is 11.8. The van der Waals surface area contributed by atoms with E-state index in [2.05, 4.69) is 25.7 Å². The fourth-order valence-electron chi connectivity index (χ4n) is 4.66. The Morgan fingerprint density at radius 3 is 2.44 bits per heavy atom. The van der Waals surface area contributed by atoms with Crippen LogP contribution in [-0.2, 0) is 4.79 Å². The van der Waals surface area contributed by atoms with Gasteiger partial charge >= 0.3 is 0 Å². The van der Waals surface area contributed by atoms with E-state index < -0.39 is 0 Å². The first-order valence-corrected chi connectivity index (χ1v) is 11.2. The Bertz CT molecular complexity index is 445. The monoisotopic (exact) mass is 368 g/mol. The number of hydrogen-bond donors (Lipinski definition) is 1. The molecule has 5 nitrogen and oxygen atoms in total. The quantitative estimate of drug-likeness (QED) is 0.695. The van der Waals surface area contributed by atoms with Crippen LogP contribution in [0.2, 0.25) is 0 Å². The molecule has 3 fully saturated rings. The van der Waals surface area contributed by atoms with Crippen molar-refractivity contribution in [3.63, 3.8) is 0 Å². The van der Waals surface area contributed by atoms with E-state index in [0.717, 1.165) is 0 Å². The third-order valence-electron chi connectivity index (χ3n) is 6.29. The fourth-order valence-corrected chi connectivity index (χ4v) is 5.19. The van der Waals surface area contributed by atoms with Gasteiger partial charge < -0.3 is 15.1 Å². The van der Waals surface area contributed by atoms with Gasteiger partial charge in [0, 0.05) is 44.7 Å². The predicted octanol–water partition coefficient (Wildman–Crippen LogP) is 1.90. The molecule has 0 atom stereocenters. The average Bonchev–Trinajstić information content (AvgIpc) is 2.99. The number of piperazine rings is 1. The van der Waals surface area contributed by atoms with Crippen molar-refractivity contribution >= 4 is 17.9 Å². The highest BCUT2D eigenvalue weighted by Gasteiger charge is 2.48. The lowest BCUT2D eigenvalue weighted by molar-refractivity contribution is -0.126. The first kappa shape index (κ1) is 19.5. The zero-order valence-corrected chi connectivity index (χ0v) is 17.1. The Morgan fingerprint density at radius 1 is 1.12 bits per heavy atom. The Hall–Kier alpha value is -0.300. The molecule has 0 bridgehead atoms. The van der Waals surface area contributed by atoms with Gasteiger partial charge in [-0.15, -0.1) is 0 Å². The number of rotatable bonds is 7. The molecule has 144 valence electrons. The number of nitrogens with one attached hydrogen (secondary N) is 1. The number of carbonyl (C=O) groups is 1. The van der Waals surface area contributed by atoms with Crippen molar-refractivity contribution in [1.82, 2.24) is 19.4 Å². The molecule has 1 aliphatic carbocycles. The molecule has 2 aliphatic heterocycles. The van der Waals surface area contributed by atoms with Crippen LogP contribution in [0, 0.1) is 11.3 Å². The van der Waals surface area contributed by atoms with E-state index >= 15 is 0 Å². The summed E-state index contributed by atoms with van der Waals surface area (Å²) >= 11 is 1.88. The molecule has 3 rings (SSSR count). The van der Waals surface area contributed by atoms with Gasteiger partial charge in [0.1, 0.15) is 0 Å². The molecule has 1 amide bonds. The summed E-state index contributed by atoms with van der Waals surface area (Å²) in [6.45, 7) is 13.8. The van der Waals surface area contributed by atoms with Crippen LogP contribution in [0.1, 0.15) is 39.5 Å². The van der Waals surface area contributed by atoms with Crippen LogP contribution in [0.5, 0.6) is 0 Å². The molecular weight excluding hydrogens is 332 g/mol. The van der Waals surface area contributed by atoms with Gasteiger partial charge in [0.05, 0.1) is 0 Å². The Balaban J connectivity index is 1.29. The summed E-state index contributed by atoms with van der Waals surface area (Å²) in [5.74, 6) is 0.325. The number of likely N-dealkylation sites (tertiary alicyclic amines) is 1. The molecule has 0 aromatic heterocycles. The minimum Gasteiger partial charge on any atom is -0.353 e. The van der Waals surface area contributed by atoms with Gasteiger partial charge in [-0.05, 0) is 57.0 Å². The summed E-state index contributed by atoms with van der Waals surface area (Å²) in [6, 6.07) is 0.433. The zero-order chi connectivity index (χ0) is 17.9. The molecule has 25 heavy (non-hydrogen) atoms. The maximum Gasteiger partial charge on any atom is 0.222 e. The third kappa shape index (κ3) is 5.12. The molecule has 0 aromatic rings. The number of amides is 1. The number of carbonyl (C=O) groups excluding carboxylic acids is 1. The standard InChI is InChI=1S/C19H36N4OS/c1-16(2)18(24)20-17-13-19(14-17)5-8-22(15-19)7-4-6-21-9-11-23(25-3)12-10-21/h16-17H,4-15H2,1-3H3,(H,20,24). The smallest absolute Gasteiger partial charge is 0.222 e. The van der Waals surface area contributed by atoms with Crippen LogP contribution in [-0.4, -0.2) is 84.7 Å². The minimum atomic E-state index is 0.106. The topological polar surface area (TPSA) is 38.8 Å². The fraction of sp³-hybridized carbons (Fsp3) is 0.947. The van der Waals surface area contributed by atoms with Gasteiger partial charge in [-0.1, -0.05) is 25.8 Å². The van der Waals surface area contributed by atoms with E-state index in [0.29, 0.717) is 11.5 Å². The summed E-state index contributed by atoms with van der Waals surface area (Å²) in [4.78, 5) is 17.1. The van der Waals surface area contributed by atoms with Crippen LogP contribution in [0.3, 0.4) is 0 Å². The van der Waals surface area contributed by atoms with Gasteiger partial charge in [-0.25, -0.2) is 4.31 Å². The highest BCUT2D eigenvalue weighted by molar-refractivity contribution is 7.96. The summed E-state index contributed by atoms with van der Waals surface area (Å²) < 4.78 is 2.46. The van der Waals surface area contributed by atoms with Crippen molar-refractivity contribution < 1.29 is 4.79 Å². The minimum absolute atomic E-state index is 0.106. The van der Waals surface area contributed by atoms with Crippen LogP contribution in [0.15, 0.2) is 0 Å². The van der Waals surface area contributed by atoms with Crippen LogP contribution >= 0.6 is 11.9 Å². The zero-order valence-electron chi connectivity index (χ0n) is 16.3. The largest absolute Gasteiger partial charge is 0.353 e. The molecule has 0 unspecified atom stereocenters. The molecule has 1 N–H and O–H groups in total. The van der Waals surface area contributed by atoms with Crippen molar-refractivity contribution in [2.45, 2.75) is 45.6 Å². The molecule has 1 saturated carbocycles. The van der Waals surface area contributed by atoms with Crippen molar-refractivity contribution in [1.29, 1.82) is 0 Å². The molecule has 6 heteroatoms. The van der Waals surface area contributed by atoms with Crippen molar-refractivity contribution in [3.8, 4) is 0 Å². The SMILES string of the molecule is CSN1CCN(CCCN2CCC3(CC(NC(=O)C(C)C)C3)C2)CC1. The van der Waals surface area contributed by atoms with E-state index in [9.17, 15) is 4.79 Å². The first-order chi connectivity index (χ1) is 12.0. The van der Waals surface area contributed by atoms with Gasteiger partial charge in [0.15, 0.2) is 0 Å². The third-order valence-corrected chi connectivity index (χ3v) is 7.17. The van der Waals surface area contributed by atoms with Gasteiger partial charge in [-0.2, -0.15) is 0 Å². The second-order valence-corrected chi connectivity index (χ2v) is 9.48. The summed E-state index contributed by atoms with van der Waals surface area (Å²) in [7, 11) is 0. The molecule has 2 saturated heterocycles. The van der Waals surface area contributed by atoms with E-state index in [1.165, 1.54) is 78.0 Å². The van der Waals surface area contributed by atoms with Gasteiger partial charge in [0.25, 0.3) is 0 Å². The van der Waals surface area contributed by atoms with Crippen molar-refractivity contribution in [2.24, 2.45) is 11.3 Å². The Kier molecular flexibility index (Phi) is 6.69. The lowest BCUT2D eigenvalue weighted by Crippen LogP contribution is -2.52. The first-order valence-electron chi connectivity index (χ1n) is 10.0. The number of hydrogen-bond acceptors (Lipinski definition) is 5. The molecule has 0 aromatic carbocycles. The van der Waals surface area contributed by atoms with Gasteiger partial charge in [0.2, 0.25) is 5.91 Å². The molecule has 2 heterocycles. The highest BCUT2D eigenvalue weighted by Crippen LogP contribution is 2.48. The summed E-state index contributed by atoms with van der Waals surface area (Å²) in [6.07, 6.45) is 7.19. The average molecular weight is 369 g/mol. The van der Waals surface area contributed by atoms with E-state index in [1.807, 2.05) is 25.8 Å². The van der Waals surface area contributed by atoms with E-state index in [1.54, 1.807) is 0 Å². The van der Waals surface area contributed by atoms with Crippen LogP contribution in [0.25, 0.3) is 0 Å². The van der Waals surface area contributed by atoms with E-state index in [-0.39, 0.29) is 11.8 Å². The van der Waals surface area contributed by atoms with Gasteiger partial charge in [-0.3, -0.25) is 4.79 Å². The Morgan fingerprint density at radius 2 is 1.80 bits per heavy atom. The van der Waals surface area contributed by atoms with E-state index in [4.69, 9.17) is 0 Å². The Labute approximate surface area is 158 Å². The summed E-state index contributed by atoms with van der Waals surface area (Å²) in [5.41, 5.74) is 0.513. The number of nitrogens with zero attached hydrogens (tertiary/aromatic N) is 3. The van der Waals surface area contributed by atoms with Crippen molar-refractivity contribution in [3.05, 3.63) is 0 Å². The normalized spacial score (nSPS) is 31.6. The predicted molar refractivity (Wildman–Crippen MR) is 106 cm³/mol. The van der Waals surface area contributed by atoms with Crippen molar-refractivity contribution in [2.75, 3.05) is 58.6 Å². The second-order valence-electron chi connectivity index (χ2n) is 8.60. The molecule has 0 radical (unpaired) electrons. The lowest BCUT2D eigenvalue weighted by Gasteiger charge is -2.45. The summed E-state index contributed by atoms with van der Waals surface area (Å²) in [5, 5.41) is 3.21. The van der Waals surface area contributed by atoms with Crippen LogP contribution in [0.4, 0.5) is 0 Å². The second kappa shape index (κ2) is 8.59.